The van der Waals surface area contributed by atoms with Crippen molar-refractivity contribution in [3.8, 4) is 45.9 Å². The molecule has 2 aliphatic rings. The molecule has 2 N–H and O–H groups in total. The molecule has 2 aliphatic heterocycles. The van der Waals surface area contributed by atoms with E-state index in [1.165, 1.54) is 36.5 Å². The zero-order valence-corrected chi connectivity index (χ0v) is 41.6. The molecule has 10 rings (SSSR count). The van der Waals surface area contributed by atoms with Gasteiger partial charge in [-0.1, -0.05) is 59.3 Å². The predicted octanol–water partition coefficient (Wildman–Crippen LogP) is 11.3. The first-order valence-electron chi connectivity index (χ1n) is 23.7. The van der Waals surface area contributed by atoms with E-state index in [1.807, 2.05) is 6.92 Å². The second kappa shape index (κ2) is 21.9. The number of aromatic nitrogens is 2. The fourth-order valence-corrected chi connectivity index (χ4v) is 8.90. The average molecular weight is 1060 g/mol. The Hall–Kier alpha value is -7.21. The van der Waals surface area contributed by atoms with Crippen molar-refractivity contribution in [2.75, 3.05) is 26.2 Å². The molecule has 17 heteroatoms. The minimum Gasteiger partial charge on any atom is -0.459 e. The highest BCUT2D eigenvalue weighted by molar-refractivity contribution is 6.31. The van der Waals surface area contributed by atoms with Crippen LogP contribution in [-0.4, -0.2) is 73.5 Å². The van der Waals surface area contributed by atoms with Crippen molar-refractivity contribution in [2.24, 2.45) is 0 Å². The Morgan fingerprint density at radius 1 is 0.573 bits per heavy atom. The van der Waals surface area contributed by atoms with Crippen LogP contribution in [0.5, 0.6) is 0 Å². The number of aliphatic hydroxyl groups is 2. The molecule has 0 radical (unpaired) electrons. The van der Waals surface area contributed by atoms with E-state index in [4.69, 9.17) is 32.0 Å². The molecule has 382 valence electrons. The van der Waals surface area contributed by atoms with Crippen LogP contribution in [0.1, 0.15) is 66.6 Å². The van der Waals surface area contributed by atoms with Crippen molar-refractivity contribution in [1.29, 1.82) is 0 Å². The fourth-order valence-electron chi connectivity index (χ4n) is 8.64. The number of likely N-dealkylation sites (tertiary alicyclic amines) is 2. The zero-order chi connectivity index (χ0) is 53.1. The van der Waals surface area contributed by atoms with Gasteiger partial charge in [-0.25, -0.2) is 18.7 Å². The maximum Gasteiger partial charge on any atom is 0.417 e. The maximum atomic E-state index is 14.6. The van der Waals surface area contributed by atoms with Crippen LogP contribution in [0.15, 0.2) is 140 Å². The van der Waals surface area contributed by atoms with Crippen LogP contribution in [0.2, 0.25) is 10.0 Å². The molecule has 6 heterocycles. The number of halogens is 7. The third-order valence-electron chi connectivity index (χ3n) is 13.1. The fraction of sp³-hybridized carbons (Fsp3) is 0.241. The second-order valence-electron chi connectivity index (χ2n) is 18.8. The molecular weight excluding hydrogens is 1010 g/mol. The van der Waals surface area contributed by atoms with Gasteiger partial charge in [0.25, 0.3) is 0 Å². The first-order valence-corrected chi connectivity index (χ1v) is 24.5. The van der Waals surface area contributed by atoms with Crippen LogP contribution >= 0.6 is 23.2 Å². The van der Waals surface area contributed by atoms with Crippen LogP contribution in [0, 0.1) is 35.3 Å². The topological polar surface area (TPSA) is 133 Å². The quantitative estimate of drug-likeness (QED) is 0.122. The van der Waals surface area contributed by atoms with Crippen molar-refractivity contribution in [1.82, 2.24) is 19.8 Å². The number of alkyl halides is 3. The molecule has 0 atom stereocenters. The Balaban J connectivity index is 0.000000184. The molecule has 4 aromatic heterocycles. The molecule has 2 fully saturated rings. The van der Waals surface area contributed by atoms with Gasteiger partial charge in [0, 0.05) is 83.0 Å². The Morgan fingerprint density at radius 3 is 1.36 bits per heavy atom. The number of fused-ring (bicyclic) bond motifs is 2. The van der Waals surface area contributed by atoms with Gasteiger partial charge in [0.2, 0.25) is 0 Å². The Labute approximate surface area is 437 Å². The van der Waals surface area contributed by atoms with Crippen LogP contribution < -0.4 is 10.9 Å². The summed E-state index contributed by atoms with van der Waals surface area (Å²) in [6.45, 7) is 4.01. The minimum absolute atomic E-state index is 0.0115. The monoisotopic (exact) mass is 1060 g/mol. The SMILES string of the molecule is CC1(O)CCN(Cc2cc(=O)c3cc(C#Cc4ncc(-c5ccc(Cl)cc5)cc4F)ccc3o2)CC1.O=c1cc(CN2CCC(O)(C(F)(F)F)CC2)oc2ccc(C#Cc3ncc(-c4ccc(Cl)cc4)cc3F)cc12. The highest BCUT2D eigenvalue weighted by Gasteiger charge is 2.54. The van der Waals surface area contributed by atoms with E-state index in [2.05, 4.69) is 38.5 Å². The number of rotatable bonds is 6. The van der Waals surface area contributed by atoms with Crippen molar-refractivity contribution in [3.63, 3.8) is 0 Å². The average Bonchev–Trinajstić information content (AvgIpc) is 3.37. The lowest BCUT2D eigenvalue weighted by Crippen LogP contribution is -2.53. The lowest BCUT2D eigenvalue weighted by molar-refractivity contribution is -0.273. The molecule has 0 bridgehead atoms. The van der Waals surface area contributed by atoms with Gasteiger partial charge in [-0.3, -0.25) is 19.4 Å². The highest BCUT2D eigenvalue weighted by Crippen LogP contribution is 2.39. The molecule has 0 saturated carbocycles. The van der Waals surface area contributed by atoms with Crippen molar-refractivity contribution in [2.45, 2.75) is 63.1 Å². The van der Waals surface area contributed by atoms with Crippen molar-refractivity contribution < 1.29 is 41.0 Å². The van der Waals surface area contributed by atoms with E-state index < -0.39 is 41.9 Å². The Kier molecular flexibility index (Phi) is 15.4. The number of nitrogens with zero attached hydrogens (tertiary/aromatic N) is 4. The minimum atomic E-state index is -4.68. The molecule has 4 aromatic carbocycles. The lowest BCUT2D eigenvalue weighted by atomic mass is 9.91. The largest absolute Gasteiger partial charge is 0.459 e. The smallest absolute Gasteiger partial charge is 0.417 e. The predicted molar refractivity (Wildman–Crippen MR) is 277 cm³/mol. The summed E-state index contributed by atoms with van der Waals surface area (Å²) in [5, 5.41) is 21.8. The highest BCUT2D eigenvalue weighted by atomic mass is 35.5. The number of benzene rings is 4. The van der Waals surface area contributed by atoms with Gasteiger partial charge in [0.1, 0.15) is 34.1 Å². The third-order valence-corrected chi connectivity index (χ3v) is 13.7. The summed E-state index contributed by atoms with van der Waals surface area (Å²) in [5.41, 5.74) is 0.711. The Morgan fingerprint density at radius 2 is 0.973 bits per heavy atom. The third kappa shape index (κ3) is 12.8. The van der Waals surface area contributed by atoms with Crippen molar-refractivity contribution >= 4 is 45.1 Å². The Bertz CT molecular complexity index is 3680. The van der Waals surface area contributed by atoms with E-state index in [0.29, 0.717) is 79.8 Å². The number of piperidine rings is 2. The molecule has 8 aromatic rings. The van der Waals surface area contributed by atoms with E-state index >= 15 is 0 Å². The maximum absolute atomic E-state index is 14.6. The lowest BCUT2D eigenvalue weighted by Gasteiger charge is -2.38. The molecule has 0 spiro atoms. The summed E-state index contributed by atoms with van der Waals surface area (Å²) in [4.78, 5) is 37.7. The van der Waals surface area contributed by atoms with Crippen molar-refractivity contribution in [3.05, 3.63) is 198 Å². The number of hydrogen-bond acceptors (Lipinski definition) is 10. The second-order valence-corrected chi connectivity index (χ2v) is 19.6. The molecule has 75 heavy (non-hydrogen) atoms. The molecule has 0 amide bonds. The van der Waals surface area contributed by atoms with Crippen LogP contribution in [0.25, 0.3) is 44.2 Å². The first kappa shape index (κ1) is 52.6. The normalized spacial score (nSPS) is 15.5. The van der Waals surface area contributed by atoms with E-state index in [-0.39, 0.29) is 47.3 Å². The van der Waals surface area contributed by atoms with Gasteiger partial charge < -0.3 is 19.0 Å². The molecule has 0 unspecified atom stereocenters. The van der Waals surface area contributed by atoms with Crippen LogP contribution in [0.4, 0.5) is 22.0 Å². The summed E-state index contributed by atoms with van der Waals surface area (Å²) >= 11 is 11.8. The van der Waals surface area contributed by atoms with E-state index in [1.54, 1.807) is 90.0 Å². The van der Waals surface area contributed by atoms with Gasteiger partial charge in [-0.15, -0.1) is 0 Å². The standard InChI is InChI=1S/C29H21ClF4N2O3.C29H24ClFN2O3/c30-21-5-3-19(4-6-21)20-14-24(31)25(35-16-20)7-1-18-2-8-27-23(13-18)26(37)15-22(39-27)17-36-11-9-28(38,10-12-36)29(32,33)34;1-29(35)10-12-33(13-11-29)18-23-16-27(34)24-14-19(3-9-28(24)36-23)2-8-26-25(31)15-21(17-32-26)20-4-6-22(30)7-5-20/h2-6,8,13-16,38H,9-12,17H2;3-7,9,14-17,35H,10-13,18H2,1H3. The number of pyridine rings is 2. The first-order chi connectivity index (χ1) is 35.8. The molecule has 0 aliphatic carbocycles. The summed E-state index contributed by atoms with van der Waals surface area (Å²) in [6.07, 6.45) is -1.13. The van der Waals surface area contributed by atoms with Gasteiger partial charge in [-0.2, -0.15) is 13.2 Å². The van der Waals surface area contributed by atoms with Gasteiger partial charge in [0.15, 0.2) is 28.1 Å². The van der Waals surface area contributed by atoms with Gasteiger partial charge >= 0.3 is 6.18 Å². The summed E-state index contributed by atoms with van der Waals surface area (Å²) in [7, 11) is 0. The zero-order valence-electron chi connectivity index (χ0n) is 40.1. The summed E-state index contributed by atoms with van der Waals surface area (Å²) in [5.74, 6) is 10.9. The molecule has 10 nitrogen and oxygen atoms in total. The van der Waals surface area contributed by atoms with E-state index in [0.717, 1.165) is 24.2 Å². The van der Waals surface area contributed by atoms with Crippen LogP contribution in [0.3, 0.4) is 0 Å². The van der Waals surface area contributed by atoms with Crippen LogP contribution in [-0.2, 0) is 13.1 Å². The summed E-state index contributed by atoms with van der Waals surface area (Å²) < 4.78 is 80.2. The molecular formula is C58H45Cl2F5N4O6. The van der Waals surface area contributed by atoms with E-state index in [9.17, 15) is 41.8 Å². The van der Waals surface area contributed by atoms with Gasteiger partial charge in [-0.05, 0) is 128 Å². The summed E-state index contributed by atoms with van der Waals surface area (Å²) in [6, 6.07) is 29.3. The number of hydrogen-bond donors (Lipinski definition) is 2. The van der Waals surface area contributed by atoms with Gasteiger partial charge in [0.05, 0.1) is 29.5 Å². The molecule has 2 saturated heterocycles.